The van der Waals surface area contributed by atoms with Crippen LogP contribution in [-0.2, 0) is 80.1 Å². The fourth-order valence-corrected chi connectivity index (χ4v) is 17.8. The second kappa shape index (κ2) is 41.8. The monoisotopic (exact) mass is 2250 g/mol. The van der Waals surface area contributed by atoms with Crippen LogP contribution in [0.1, 0.15) is 130 Å². The van der Waals surface area contributed by atoms with Crippen molar-refractivity contribution in [1.29, 1.82) is 0 Å². The first-order valence-corrected chi connectivity index (χ1v) is 43.2. The minimum atomic E-state index is -0.125. The zero-order chi connectivity index (χ0) is 87.1. The van der Waals surface area contributed by atoms with E-state index >= 15 is 0 Å². The molecule has 643 valence electrons. The second-order valence-electron chi connectivity index (χ2n) is 32.2. The van der Waals surface area contributed by atoms with Gasteiger partial charge in [-0.2, -0.15) is 0 Å². The number of aliphatic hydroxyl groups excluding tert-OH is 3. The van der Waals surface area contributed by atoms with Crippen LogP contribution in [0.2, 0.25) is 0 Å². The molecular weight excluding hydrogens is 2160 g/mol. The van der Waals surface area contributed by atoms with Gasteiger partial charge in [0, 0.05) is 109 Å². The Hall–Kier alpha value is -11.5. The number of carbonyl (C=O) groups excluding carboxylic acids is 3. The van der Waals surface area contributed by atoms with Crippen molar-refractivity contribution in [3.05, 3.63) is 330 Å². The molecule has 0 amide bonds. The topological polar surface area (TPSA) is 190 Å². The number of aryl methyl sites for hydroxylation is 2. The molecule has 19 rings (SSSR count). The summed E-state index contributed by atoms with van der Waals surface area (Å²) in [6.45, 7) is 28.7. The number of allylic oxidation sites excluding steroid dienone is 6. The van der Waals surface area contributed by atoms with Crippen molar-refractivity contribution < 1.29 is 103 Å². The summed E-state index contributed by atoms with van der Waals surface area (Å²) in [5.41, 5.74) is 26.7. The molecule has 10 aromatic carbocycles. The van der Waals surface area contributed by atoms with E-state index in [0.717, 1.165) is 116 Å². The normalized spacial score (nSPS) is 11.6. The molecule has 126 heavy (non-hydrogen) atoms. The molecule has 3 radical (unpaired) electrons. The van der Waals surface area contributed by atoms with E-state index in [4.69, 9.17) is 43.5 Å². The predicted octanol–water partition coefficient (Wildman–Crippen LogP) is 30.9. The standard InChI is InChI=1S/C33H22NOS.C31H26NOS.C29H22NOS.3C5H8O2.3Ir/c1-20-7-5-8-21(2)32(20)23-15-13-22(14-16-23)31-19-28-30(36-31)18-17-27(34-28)26-11-6-10-25-24-9-3-4-12-29(24)35-33(25)26;1-18(2)20-14-21(19(3)4)16-22(15-20)30-17-27-29(34-30)13-12-26(32-27)25-10-7-9-24-23-8-5-6-11-28(23)33-31(24)25;1-29(2,3)19-13-11-18(12-14-19)27-17-24-26(32-27)16-15-23(30-24)22-9-6-8-21-20-7-4-5-10-25(20)31-28(21)22;3*1-4(6)3-5(2)7;;;/h3-10,12-19H,1-2H3;5-9,11-19H,1-4H3;4-8,10-17H,1-3H3;3*3,6H,1-2H3;;;/q3*-1;;;;;;. The molecule has 9 aromatic heterocycles. The molecule has 12 nitrogen and oxygen atoms in total. The van der Waals surface area contributed by atoms with Crippen LogP contribution in [0.3, 0.4) is 0 Å². The van der Waals surface area contributed by atoms with Crippen molar-refractivity contribution in [3.8, 4) is 76.2 Å². The summed E-state index contributed by atoms with van der Waals surface area (Å²) in [7, 11) is 0. The Morgan fingerprint density at radius 2 is 0.675 bits per heavy atom. The van der Waals surface area contributed by atoms with Gasteiger partial charge in [-0.1, -0.05) is 239 Å². The maximum absolute atomic E-state index is 10.0. The molecule has 0 atom stereocenters. The zero-order valence-electron chi connectivity index (χ0n) is 72.4. The van der Waals surface area contributed by atoms with Gasteiger partial charge >= 0.3 is 0 Å². The number of benzene rings is 10. The third kappa shape index (κ3) is 22.3. The maximum atomic E-state index is 10.0. The third-order valence-corrected chi connectivity index (χ3v) is 24.1. The number of aromatic nitrogens is 3. The Morgan fingerprint density at radius 3 is 0.976 bits per heavy atom. The molecule has 9 heterocycles. The summed E-state index contributed by atoms with van der Waals surface area (Å²) < 4.78 is 22.2. The Kier molecular flexibility index (Phi) is 31.5. The molecule has 0 aliphatic carbocycles. The first-order chi connectivity index (χ1) is 59.0. The van der Waals surface area contributed by atoms with Crippen LogP contribution in [0.25, 0.3) is 173 Å². The average molecular weight is 2250 g/mol. The Balaban J connectivity index is 0.000000163. The summed E-state index contributed by atoms with van der Waals surface area (Å²) in [6, 6.07) is 97.3. The van der Waals surface area contributed by atoms with Gasteiger partial charge in [-0.05, 0) is 200 Å². The van der Waals surface area contributed by atoms with Crippen molar-refractivity contribution in [1.82, 2.24) is 15.0 Å². The van der Waals surface area contributed by atoms with Gasteiger partial charge in [0.1, 0.15) is 16.7 Å². The molecule has 0 unspecified atom stereocenters. The number of pyridine rings is 3. The number of fused-ring (bicyclic) bond motifs is 12. The fraction of sp³-hybridized carbons (Fsp3) is 0.167. The van der Waals surface area contributed by atoms with Crippen LogP contribution in [0.15, 0.2) is 297 Å². The molecule has 18 heteroatoms. The molecule has 0 bridgehead atoms. The third-order valence-electron chi connectivity index (χ3n) is 20.7. The van der Waals surface area contributed by atoms with Gasteiger partial charge in [-0.25, -0.2) is 0 Å². The number of thiophene rings is 3. The van der Waals surface area contributed by atoms with Crippen LogP contribution in [0.4, 0.5) is 0 Å². The average Bonchev–Trinajstić information content (AvgIpc) is 1.61. The number of ketones is 3. The first-order valence-electron chi connectivity index (χ1n) is 40.7. The van der Waals surface area contributed by atoms with Gasteiger partial charge in [-0.15, -0.1) is 88.6 Å². The van der Waals surface area contributed by atoms with E-state index in [2.05, 4.69) is 256 Å². The number of rotatable bonds is 12. The summed E-state index contributed by atoms with van der Waals surface area (Å²) in [6.07, 6.45) is 3.50. The molecule has 0 saturated carbocycles. The van der Waals surface area contributed by atoms with Crippen molar-refractivity contribution in [2.24, 2.45) is 0 Å². The molecule has 0 aliphatic heterocycles. The fourth-order valence-electron chi connectivity index (χ4n) is 14.8. The molecule has 0 spiro atoms. The van der Waals surface area contributed by atoms with E-state index in [9.17, 15) is 14.4 Å². The van der Waals surface area contributed by atoms with Crippen molar-refractivity contribution in [2.75, 3.05) is 0 Å². The number of nitrogens with zero attached hydrogens (tertiary/aromatic N) is 3. The summed E-state index contributed by atoms with van der Waals surface area (Å²) in [5, 5.41) is 31.7. The number of hydrogen-bond donors (Lipinski definition) is 3. The maximum Gasteiger partial charge on any atom is 0.155 e. The second-order valence-corrected chi connectivity index (χ2v) is 35.5. The van der Waals surface area contributed by atoms with Gasteiger partial charge in [0.05, 0.1) is 64.7 Å². The number of para-hydroxylation sites is 3. The van der Waals surface area contributed by atoms with E-state index in [1.807, 2.05) is 72.8 Å². The number of hydrogen-bond acceptors (Lipinski definition) is 15. The molecule has 0 saturated heterocycles. The van der Waals surface area contributed by atoms with Gasteiger partial charge in [0.2, 0.25) is 0 Å². The SMILES string of the molecule is CC(=O)C=C(C)O.CC(=O)C=C(C)O.CC(=O)C=C(C)O.CC(C)(C)c1ccc(-c2cc3nc(-c4[c-]ccc5c4oc4ccccc45)ccc3s2)cc1.CC(C)c1cc(-c2cc3nc(-c4[c-]ccc5c4oc4ccccc45)ccc3s2)cc(C(C)C)c1.Cc1cccc(C)c1-c1ccc(-c2cc3nc(-c4[c-]ccc5c4oc4ccccc45)ccc3s2)cc1.[Ir].[Ir].[Ir]. The van der Waals surface area contributed by atoms with E-state index in [1.165, 1.54) is 144 Å². The van der Waals surface area contributed by atoms with Crippen LogP contribution in [0, 0.1) is 32.0 Å². The molecule has 3 N–H and O–H groups in total. The van der Waals surface area contributed by atoms with E-state index in [0.29, 0.717) is 11.8 Å². The first kappa shape index (κ1) is 95.2. The molecule has 0 aliphatic rings. The Morgan fingerprint density at radius 1 is 0.365 bits per heavy atom. The largest absolute Gasteiger partial charge is 0.512 e. The molecule has 19 aromatic rings. The summed E-state index contributed by atoms with van der Waals surface area (Å²) in [5.74, 6) is 0.806. The van der Waals surface area contributed by atoms with Crippen LogP contribution in [0.5, 0.6) is 0 Å². The minimum absolute atomic E-state index is 0. The smallest absolute Gasteiger partial charge is 0.155 e. The number of furan rings is 3. The van der Waals surface area contributed by atoms with Gasteiger partial charge in [0.15, 0.2) is 17.3 Å². The molecule has 0 fully saturated rings. The Labute approximate surface area is 786 Å². The molecular formula is C108H94Ir3N3O9S3-3. The van der Waals surface area contributed by atoms with Crippen molar-refractivity contribution in [2.45, 2.75) is 121 Å². The van der Waals surface area contributed by atoms with Crippen LogP contribution >= 0.6 is 34.0 Å². The number of aliphatic hydroxyl groups is 3. The van der Waals surface area contributed by atoms with Gasteiger partial charge in [0.25, 0.3) is 0 Å². The zero-order valence-corrected chi connectivity index (χ0v) is 82.1. The van der Waals surface area contributed by atoms with Gasteiger partial charge < -0.3 is 28.6 Å². The van der Waals surface area contributed by atoms with Crippen LogP contribution < -0.4 is 0 Å². The van der Waals surface area contributed by atoms with Crippen molar-refractivity contribution >= 4 is 148 Å². The number of carbonyl (C=O) groups is 3. The van der Waals surface area contributed by atoms with Crippen molar-refractivity contribution in [3.63, 3.8) is 0 Å². The summed E-state index contributed by atoms with van der Waals surface area (Å²) in [4.78, 5) is 48.8. The van der Waals surface area contributed by atoms with E-state index in [1.54, 1.807) is 34.0 Å². The summed E-state index contributed by atoms with van der Waals surface area (Å²) >= 11 is 5.36. The minimum Gasteiger partial charge on any atom is -0.512 e. The predicted molar refractivity (Wildman–Crippen MR) is 513 cm³/mol. The van der Waals surface area contributed by atoms with Crippen LogP contribution in [-0.4, -0.2) is 47.6 Å². The van der Waals surface area contributed by atoms with E-state index in [-0.39, 0.29) is 100 Å². The van der Waals surface area contributed by atoms with Gasteiger partial charge in [-0.3, -0.25) is 29.3 Å². The van der Waals surface area contributed by atoms with E-state index < -0.39 is 0 Å². The Bertz CT molecular complexity index is 7150. The quantitative estimate of drug-likeness (QED) is 0.0597.